The number of fused-ring (bicyclic) bond motifs is 3. The SMILES string of the molecule is CC1(C)OC2CC(N3CCc4c(N)ncnc43)CC2[C@@H](/C=C/c2ccc3cc(Br)c(N)nc3c2)O1. The van der Waals surface area contributed by atoms with Crippen LogP contribution in [0, 0.1) is 5.92 Å². The minimum atomic E-state index is -0.647. The highest BCUT2D eigenvalue weighted by molar-refractivity contribution is 9.10. The molecule has 8 nitrogen and oxygen atoms in total. The molecule has 1 aliphatic carbocycles. The lowest BCUT2D eigenvalue weighted by molar-refractivity contribution is -0.305. The monoisotopic (exact) mass is 536 g/mol. The zero-order valence-electron chi connectivity index (χ0n) is 19.8. The summed E-state index contributed by atoms with van der Waals surface area (Å²) < 4.78 is 13.6. The first kappa shape index (κ1) is 22.7. The van der Waals surface area contributed by atoms with Crippen LogP contribution in [0.1, 0.15) is 37.8 Å². The number of halogens is 1. The lowest BCUT2D eigenvalue weighted by Gasteiger charge is -2.42. The Morgan fingerprint density at radius 1 is 1.11 bits per heavy atom. The molecular formula is C26H29BrN6O2. The number of nitrogen functional groups attached to an aromatic ring is 2. The van der Waals surface area contributed by atoms with Crippen LogP contribution in [0.25, 0.3) is 17.0 Å². The van der Waals surface area contributed by atoms with Gasteiger partial charge in [-0.1, -0.05) is 24.3 Å². The van der Waals surface area contributed by atoms with Crippen LogP contribution in [0.5, 0.6) is 0 Å². The predicted molar refractivity (Wildman–Crippen MR) is 141 cm³/mol. The van der Waals surface area contributed by atoms with Crippen LogP contribution >= 0.6 is 15.9 Å². The topological polar surface area (TPSA) is 112 Å². The van der Waals surface area contributed by atoms with Gasteiger partial charge in [-0.05, 0) is 66.7 Å². The lowest BCUT2D eigenvalue weighted by Crippen LogP contribution is -2.48. The Kier molecular flexibility index (Phi) is 5.47. The fourth-order valence-corrected chi connectivity index (χ4v) is 6.15. The fraction of sp³-hybridized carbons (Fsp3) is 0.423. The predicted octanol–water partition coefficient (Wildman–Crippen LogP) is 4.33. The van der Waals surface area contributed by atoms with Crippen LogP contribution in [-0.2, 0) is 15.9 Å². The van der Waals surface area contributed by atoms with Crippen molar-refractivity contribution in [3.8, 4) is 0 Å². The third-order valence-electron chi connectivity index (χ3n) is 7.38. The molecule has 1 saturated heterocycles. The van der Waals surface area contributed by atoms with Crippen molar-refractivity contribution in [2.45, 2.75) is 57.1 Å². The van der Waals surface area contributed by atoms with E-state index in [0.29, 0.717) is 17.7 Å². The Morgan fingerprint density at radius 2 is 1.97 bits per heavy atom. The van der Waals surface area contributed by atoms with Gasteiger partial charge in [0, 0.05) is 29.5 Å². The number of nitrogens with zero attached hydrogens (tertiary/aromatic N) is 4. The van der Waals surface area contributed by atoms with Gasteiger partial charge in [0.1, 0.15) is 23.8 Å². The third-order valence-corrected chi connectivity index (χ3v) is 8.01. The van der Waals surface area contributed by atoms with Crippen molar-refractivity contribution in [2.24, 2.45) is 5.92 Å². The largest absolute Gasteiger partial charge is 0.383 e. The second-order valence-electron chi connectivity index (χ2n) is 10.1. The smallest absolute Gasteiger partial charge is 0.163 e. The normalized spacial score (nSPS) is 27.5. The highest BCUT2D eigenvalue weighted by atomic mass is 79.9. The molecule has 0 radical (unpaired) electrons. The molecule has 9 heteroatoms. The van der Waals surface area contributed by atoms with E-state index in [9.17, 15) is 0 Å². The van der Waals surface area contributed by atoms with E-state index in [4.69, 9.17) is 20.9 Å². The van der Waals surface area contributed by atoms with Gasteiger partial charge in [0.05, 0.1) is 22.2 Å². The van der Waals surface area contributed by atoms with E-state index in [1.807, 2.05) is 19.9 Å². The Labute approximate surface area is 212 Å². The summed E-state index contributed by atoms with van der Waals surface area (Å²) in [6, 6.07) is 8.54. The molecule has 35 heavy (non-hydrogen) atoms. The van der Waals surface area contributed by atoms with Crippen LogP contribution < -0.4 is 16.4 Å². The number of anilines is 3. The highest BCUT2D eigenvalue weighted by Crippen LogP contribution is 2.45. The number of rotatable bonds is 3. The molecule has 3 unspecified atom stereocenters. The van der Waals surface area contributed by atoms with E-state index in [0.717, 1.165) is 58.1 Å². The Balaban J connectivity index is 1.25. The zero-order valence-corrected chi connectivity index (χ0v) is 21.4. The van der Waals surface area contributed by atoms with Crippen molar-refractivity contribution < 1.29 is 9.47 Å². The van der Waals surface area contributed by atoms with Gasteiger partial charge in [0.15, 0.2) is 5.79 Å². The summed E-state index contributed by atoms with van der Waals surface area (Å²) in [5, 5.41) is 1.04. The van der Waals surface area contributed by atoms with Gasteiger partial charge in [0.25, 0.3) is 0 Å². The average Bonchev–Trinajstić information content (AvgIpc) is 3.42. The van der Waals surface area contributed by atoms with Gasteiger partial charge >= 0.3 is 0 Å². The molecule has 2 fully saturated rings. The third kappa shape index (κ3) is 4.15. The summed E-state index contributed by atoms with van der Waals surface area (Å²) in [5.41, 5.74) is 15.1. The van der Waals surface area contributed by atoms with Gasteiger partial charge in [-0.15, -0.1) is 0 Å². The molecule has 182 valence electrons. The molecule has 3 aliphatic rings. The fourth-order valence-electron chi connectivity index (χ4n) is 5.81. The van der Waals surface area contributed by atoms with Gasteiger partial charge < -0.3 is 25.8 Å². The molecule has 1 aromatic carbocycles. The molecule has 3 aromatic rings. The molecule has 0 spiro atoms. The first-order valence-corrected chi connectivity index (χ1v) is 12.8. The van der Waals surface area contributed by atoms with Gasteiger partial charge in [-0.3, -0.25) is 0 Å². The highest BCUT2D eigenvalue weighted by Gasteiger charge is 2.49. The van der Waals surface area contributed by atoms with E-state index in [-0.39, 0.29) is 18.1 Å². The second kappa shape index (κ2) is 8.43. The summed E-state index contributed by atoms with van der Waals surface area (Å²) in [6.07, 6.45) is 8.73. The Hall–Kier alpha value is -2.75. The second-order valence-corrected chi connectivity index (χ2v) is 11.0. The van der Waals surface area contributed by atoms with Crippen LogP contribution in [0.3, 0.4) is 0 Å². The Morgan fingerprint density at radius 3 is 2.83 bits per heavy atom. The minimum absolute atomic E-state index is 0.0510. The van der Waals surface area contributed by atoms with Crippen molar-refractivity contribution in [1.82, 2.24) is 15.0 Å². The van der Waals surface area contributed by atoms with Crippen molar-refractivity contribution >= 4 is 50.4 Å². The van der Waals surface area contributed by atoms with E-state index < -0.39 is 5.79 Å². The summed E-state index contributed by atoms with van der Waals surface area (Å²) >= 11 is 3.45. The number of hydrogen-bond donors (Lipinski definition) is 2. The molecule has 1 saturated carbocycles. The van der Waals surface area contributed by atoms with Crippen LogP contribution in [0.4, 0.5) is 17.5 Å². The van der Waals surface area contributed by atoms with E-state index in [1.54, 1.807) is 6.33 Å². The maximum atomic E-state index is 6.42. The van der Waals surface area contributed by atoms with E-state index >= 15 is 0 Å². The zero-order chi connectivity index (χ0) is 24.3. The lowest BCUT2D eigenvalue weighted by atomic mass is 9.95. The quantitative estimate of drug-likeness (QED) is 0.508. The van der Waals surface area contributed by atoms with Crippen molar-refractivity contribution in [3.63, 3.8) is 0 Å². The number of nitrogens with two attached hydrogens (primary N) is 2. The standard InChI is InChI=1S/C26H29BrN6O2/c1-26(2)34-21(6-4-14-3-5-15-10-19(27)24(29)32-20(15)9-14)18-11-16(12-22(18)35-26)33-8-7-17-23(28)30-13-31-25(17)33/h3-6,9-10,13,16,18,21-22H,7-8,11-12H2,1-2H3,(H2,29,32)(H2,28,30,31)/b6-4+/t16?,18?,21-,22?/m1/s1. The average molecular weight is 537 g/mol. The van der Waals surface area contributed by atoms with Gasteiger partial charge in [-0.2, -0.15) is 0 Å². The maximum absolute atomic E-state index is 6.42. The van der Waals surface area contributed by atoms with Crippen molar-refractivity contribution in [2.75, 3.05) is 22.9 Å². The summed E-state index contributed by atoms with van der Waals surface area (Å²) in [6.45, 7) is 4.91. The maximum Gasteiger partial charge on any atom is 0.163 e. The van der Waals surface area contributed by atoms with Crippen molar-refractivity contribution in [1.29, 1.82) is 0 Å². The summed E-state index contributed by atoms with van der Waals surface area (Å²) in [4.78, 5) is 15.6. The van der Waals surface area contributed by atoms with Crippen molar-refractivity contribution in [3.05, 3.63) is 52.3 Å². The van der Waals surface area contributed by atoms with Crippen LogP contribution in [-0.4, -0.2) is 45.5 Å². The number of ether oxygens (including phenoxy) is 2. The number of aromatic nitrogens is 3. The first-order valence-electron chi connectivity index (χ1n) is 12.0. The van der Waals surface area contributed by atoms with Crippen LogP contribution in [0.2, 0.25) is 0 Å². The molecule has 0 bridgehead atoms. The van der Waals surface area contributed by atoms with E-state index in [2.05, 4.69) is 66.1 Å². The molecule has 0 amide bonds. The molecule has 2 aliphatic heterocycles. The molecule has 2 aromatic heterocycles. The molecule has 4 heterocycles. The van der Waals surface area contributed by atoms with Gasteiger partial charge in [0.2, 0.25) is 0 Å². The number of pyridine rings is 1. The molecular weight excluding hydrogens is 508 g/mol. The number of benzene rings is 1. The Bertz CT molecular complexity index is 1330. The molecule has 6 rings (SSSR count). The van der Waals surface area contributed by atoms with Gasteiger partial charge in [-0.25, -0.2) is 15.0 Å². The first-order chi connectivity index (χ1) is 16.8. The minimum Gasteiger partial charge on any atom is -0.383 e. The number of hydrogen-bond acceptors (Lipinski definition) is 8. The molecule has 4 N–H and O–H groups in total. The molecule has 4 atom stereocenters. The summed E-state index contributed by atoms with van der Waals surface area (Å²) in [7, 11) is 0. The summed E-state index contributed by atoms with van der Waals surface area (Å²) in [5.74, 6) is 1.67. The van der Waals surface area contributed by atoms with Crippen LogP contribution in [0.15, 0.2) is 41.1 Å². The van der Waals surface area contributed by atoms with E-state index in [1.165, 1.54) is 0 Å².